The van der Waals surface area contributed by atoms with Crippen LogP contribution in [0.25, 0.3) is 0 Å². The first-order valence-electron chi connectivity index (χ1n) is 13.7. The van der Waals surface area contributed by atoms with Gasteiger partial charge in [-0.15, -0.1) is 0 Å². The van der Waals surface area contributed by atoms with Gasteiger partial charge in [0.1, 0.15) is 15.9 Å². The molecule has 1 aliphatic carbocycles. The number of benzene rings is 1. The van der Waals surface area contributed by atoms with Crippen LogP contribution in [0.1, 0.15) is 74.7 Å². The highest BCUT2D eigenvalue weighted by Gasteiger charge is 2.37. The Kier molecular flexibility index (Phi) is 11.5. The quantitative estimate of drug-likeness (QED) is 0.0869. The molecule has 1 amide bonds. The fourth-order valence-corrected chi connectivity index (χ4v) is 6.74. The molecule has 1 heterocycles. The summed E-state index contributed by atoms with van der Waals surface area (Å²) in [5.41, 5.74) is 2.04. The lowest BCUT2D eigenvalue weighted by atomic mass is 9.77. The smallest absolute Gasteiger partial charge is 0.305 e. The largest absolute Gasteiger partial charge is 0.469 e. The van der Waals surface area contributed by atoms with Crippen molar-refractivity contribution in [2.75, 3.05) is 31.4 Å². The van der Waals surface area contributed by atoms with E-state index in [0.29, 0.717) is 36.6 Å². The third kappa shape index (κ3) is 8.22. The Hall–Kier alpha value is -1.65. The summed E-state index contributed by atoms with van der Waals surface area (Å²) in [6.45, 7) is 11.7. The summed E-state index contributed by atoms with van der Waals surface area (Å²) in [5.74, 6) is 0.304. The van der Waals surface area contributed by atoms with Gasteiger partial charge in [0.25, 0.3) is 5.91 Å². The number of esters is 1. The third-order valence-electron chi connectivity index (χ3n) is 8.23. The average Bonchev–Trinajstić information content (AvgIpc) is 2.90. The zero-order chi connectivity index (χ0) is 29.7. The second-order valence-corrected chi connectivity index (χ2v) is 18.1. The molecular weight excluding hydrogens is 585 g/mol. The van der Waals surface area contributed by atoms with Crippen molar-refractivity contribution in [1.29, 1.82) is 0 Å². The van der Waals surface area contributed by atoms with E-state index >= 15 is 0 Å². The van der Waals surface area contributed by atoms with Gasteiger partial charge in [0, 0.05) is 18.7 Å². The van der Waals surface area contributed by atoms with Crippen LogP contribution in [0.3, 0.4) is 0 Å². The molecule has 1 aromatic carbocycles. The van der Waals surface area contributed by atoms with Crippen molar-refractivity contribution < 1.29 is 18.8 Å². The molecule has 2 aromatic rings. The van der Waals surface area contributed by atoms with Gasteiger partial charge >= 0.3 is 5.97 Å². The van der Waals surface area contributed by atoms with E-state index in [9.17, 15) is 9.59 Å². The lowest BCUT2D eigenvalue weighted by Gasteiger charge is -2.37. The number of ether oxygens (including phenoxy) is 1. The molecule has 0 spiro atoms. The van der Waals surface area contributed by atoms with Gasteiger partial charge in [0.2, 0.25) is 0 Å². The number of carbonyl (C=O) groups excluding carboxylic acids is 2. The van der Waals surface area contributed by atoms with Crippen LogP contribution in [0.2, 0.25) is 28.4 Å². The Labute approximate surface area is 253 Å². The summed E-state index contributed by atoms with van der Waals surface area (Å²) >= 11 is 14.2. The van der Waals surface area contributed by atoms with E-state index in [1.807, 2.05) is 18.4 Å². The van der Waals surface area contributed by atoms with E-state index in [4.69, 9.17) is 32.4 Å². The molecule has 7 nitrogen and oxygen atoms in total. The van der Waals surface area contributed by atoms with Crippen LogP contribution >= 0.6 is 35.0 Å². The van der Waals surface area contributed by atoms with E-state index in [1.165, 1.54) is 24.4 Å². The molecule has 1 saturated carbocycles. The van der Waals surface area contributed by atoms with E-state index in [1.54, 1.807) is 4.90 Å². The third-order valence-corrected chi connectivity index (χ3v) is 13.9. The Morgan fingerprint density at radius 1 is 1.05 bits per heavy atom. The molecule has 1 aromatic heterocycles. The summed E-state index contributed by atoms with van der Waals surface area (Å²) in [5, 5.41) is 0.521. The Morgan fingerprint density at radius 2 is 1.62 bits per heavy atom. The molecule has 0 saturated heterocycles. The molecule has 0 N–H and O–H groups in total. The number of anilines is 1. The molecule has 0 bridgehead atoms. The highest BCUT2D eigenvalue weighted by molar-refractivity contribution is 7.98. The van der Waals surface area contributed by atoms with Crippen LogP contribution in [-0.2, 0) is 14.0 Å². The van der Waals surface area contributed by atoms with Crippen LogP contribution < -0.4 is 4.90 Å². The van der Waals surface area contributed by atoms with E-state index in [0.717, 1.165) is 31.4 Å². The molecule has 11 heteroatoms. The SMILES string of the molecule is COC(=O)CC1CCC(c2ccc(N(CCO[Si](C)(C)C(C)(C)C)C(=O)c3c(Cl)nc(SC)nc3Cl)cc2)CC1. The van der Waals surface area contributed by atoms with Gasteiger partial charge < -0.3 is 14.1 Å². The highest BCUT2D eigenvalue weighted by atomic mass is 35.5. The molecule has 0 aliphatic heterocycles. The summed E-state index contributed by atoms with van der Waals surface area (Å²) < 4.78 is 11.2. The van der Waals surface area contributed by atoms with Crippen molar-refractivity contribution in [3.63, 3.8) is 0 Å². The average molecular weight is 627 g/mol. The summed E-state index contributed by atoms with van der Waals surface area (Å²) in [6.07, 6.45) is 6.35. The maximum atomic E-state index is 13.9. The molecule has 1 aliphatic rings. The molecular formula is C29H41Cl2N3O4SSi. The van der Waals surface area contributed by atoms with Crippen molar-refractivity contribution in [3.8, 4) is 0 Å². The number of carbonyl (C=O) groups is 2. The normalized spacial score (nSPS) is 17.9. The second-order valence-electron chi connectivity index (χ2n) is 11.8. The highest BCUT2D eigenvalue weighted by Crippen LogP contribution is 2.39. The monoisotopic (exact) mass is 625 g/mol. The zero-order valence-corrected chi connectivity index (χ0v) is 27.9. The first kappa shape index (κ1) is 32.9. The van der Waals surface area contributed by atoms with Crippen LogP contribution in [0, 0.1) is 5.92 Å². The Balaban J connectivity index is 1.82. The van der Waals surface area contributed by atoms with Gasteiger partial charge in [-0.1, -0.05) is 67.9 Å². The Morgan fingerprint density at radius 3 is 2.12 bits per heavy atom. The first-order chi connectivity index (χ1) is 18.8. The summed E-state index contributed by atoms with van der Waals surface area (Å²) in [4.78, 5) is 35.6. The molecule has 0 radical (unpaired) electrons. The maximum absolute atomic E-state index is 13.9. The van der Waals surface area contributed by atoms with Gasteiger partial charge in [-0.25, -0.2) is 9.97 Å². The van der Waals surface area contributed by atoms with Crippen LogP contribution in [-0.4, -0.2) is 56.7 Å². The number of rotatable bonds is 10. The van der Waals surface area contributed by atoms with Gasteiger partial charge in [-0.2, -0.15) is 0 Å². The van der Waals surface area contributed by atoms with Crippen molar-refractivity contribution >= 4 is 60.8 Å². The lowest BCUT2D eigenvalue weighted by molar-refractivity contribution is -0.142. The fraction of sp³-hybridized carbons (Fsp3) is 0.586. The predicted molar refractivity (Wildman–Crippen MR) is 166 cm³/mol. The summed E-state index contributed by atoms with van der Waals surface area (Å²) in [7, 11) is -0.576. The zero-order valence-electron chi connectivity index (χ0n) is 24.6. The van der Waals surface area contributed by atoms with E-state index in [2.05, 4.69) is 56.0 Å². The van der Waals surface area contributed by atoms with Gasteiger partial charge in [0.15, 0.2) is 13.5 Å². The van der Waals surface area contributed by atoms with Crippen LogP contribution in [0.5, 0.6) is 0 Å². The van der Waals surface area contributed by atoms with Gasteiger partial charge in [-0.05, 0) is 79.6 Å². The number of methoxy groups -OCH3 is 1. The standard InChI is InChI=1S/C29H41Cl2N3O4SSi/c1-29(2,3)40(6,7)38-17-16-34(27(36)24-25(30)32-28(39-5)33-26(24)31)22-14-12-21(13-15-22)20-10-8-19(9-11-20)18-23(35)37-4/h12-15,19-20H,8-11,16-18H2,1-7H3. The minimum absolute atomic E-state index is 0.0324. The molecule has 3 rings (SSSR count). The number of amides is 1. The number of hydrogen-bond donors (Lipinski definition) is 0. The minimum Gasteiger partial charge on any atom is -0.469 e. The lowest BCUT2D eigenvalue weighted by Crippen LogP contribution is -2.43. The number of halogens is 2. The predicted octanol–water partition coefficient (Wildman–Crippen LogP) is 8.01. The topological polar surface area (TPSA) is 81.6 Å². The van der Waals surface area contributed by atoms with Crippen molar-refractivity contribution in [2.45, 2.75) is 82.1 Å². The fourth-order valence-electron chi connectivity index (χ4n) is 4.69. The van der Waals surface area contributed by atoms with E-state index < -0.39 is 8.32 Å². The number of nitrogens with zero attached hydrogens (tertiary/aromatic N) is 3. The second kappa shape index (κ2) is 14.0. The number of aromatic nitrogens is 2. The van der Waals surface area contributed by atoms with Gasteiger partial charge in [0.05, 0.1) is 13.7 Å². The molecule has 1 fully saturated rings. The van der Waals surface area contributed by atoms with Gasteiger partial charge in [-0.3, -0.25) is 9.59 Å². The van der Waals surface area contributed by atoms with Crippen molar-refractivity contribution in [3.05, 3.63) is 45.7 Å². The Bertz CT molecular complexity index is 1160. The molecule has 0 atom stereocenters. The van der Waals surface area contributed by atoms with Crippen molar-refractivity contribution in [2.24, 2.45) is 5.92 Å². The molecule has 0 unspecified atom stereocenters. The summed E-state index contributed by atoms with van der Waals surface area (Å²) in [6, 6.07) is 8.12. The molecule has 220 valence electrons. The van der Waals surface area contributed by atoms with E-state index in [-0.39, 0.29) is 32.8 Å². The number of thioether (sulfide) groups is 1. The molecule has 40 heavy (non-hydrogen) atoms. The van der Waals surface area contributed by atoms with Crippen LogP contribution in [0.4, 0.5) is 5.69 Å². The first-order valence-corrected chi connectivity index (χ1v) is 18.6. The van der Waals surface area contributed by atoms with Crippen LogP contribution in [0.15, 0.2) is 29.4 Å². The number of hydrogen-bond acceptors (Lipinski definition) is 7. The maximum Gasteiger partial charge on any atom is 0.305 e. The van der Waals surface area contributed by atoms with Crippen molar-refractivity contribution in [1.82, 2.24) is 9.97 Å². The minimum atomic E-state index is -2.02.